The summed E-state index contributed by atoms with van der Waals surface area (Å²) in [4.78, 5) is 34.8. The lowest BCUT2D eigenvalue weighted by atomic mass is 9.91. The Kier molecular flexibility index (Phi) is 8.97. The molecule has 0 unspecified atom stereocenters. The topological polar surface area (TPSA) is 150 Å². The number of esters is 1. The lowest BCUT2D eigenvalue weighted by Gasteiger charge is -2.28. The number of rotatable bonds is 10. The Labute approximate surface area is 245 Å². The van der Waals surface area contributed by atoms with Crippen LogP contribution < -0.4 is 16.4 Å². The number of halogens is 3. The molecular formula is C29H31F3N8O3. The molecule has 0 radical (unpaired) electrons. The van der Waals surface area contributed by atoms with Crippen molar-refractivity contribution in [2.75, 3.05) is 10.6 Å². The summed E-state index contributed by atoms with van der Waals surface area (Å²) in [6, 6.07) is 4.82. The Balaban J connectivity index is 1.72. The number of benzene rings is 1. The van der Waals surface area contributed by atoms with Crippen molar-refractivity contribution < 1.29 is 27.5 Å². The number of aryl methyl sites for hydroxylation is 1. The molecule has 0 spiro atoms. The number of aromatic nitrogens is 5. The van der Waals surface area contributed by atoms with Crippen molar-refractivity contribution in [3.05, 3.63) is 83.2 Å². The van der Waals surface area contributed by atoms with Crippen molar-refractivity contribution >= 4 is 29.2 Å². The number of nitrogens with zero attached hydrogens (tertiary/aromatic N) is 5. The van der Waals surface area contributed by atoms with Crippen molar-refractivity contribution in [2.24, 2.45) is 11.7 Å². The summed E-state index contributed by atoms with van der Waals surface area (Å²) < 4.78 is 48.8. The molecule has 3 aromatic heterocycles. The maximum absolute atomic E-state index is 15.4. The molecule has 0 saturated heterocycles. The van der Waals surface area contributed by atoms with Gasteiger partial charge in [-0.05, 0) is 63.4 Å². The number of anilines is 3. The SMILES string of the molecule is Cc1ncc(Nc2nc(N[C@H](c3ccc(F)c(F)c3)[C@H](C)CC(=O)OC(C)(C)C)c(F)cc2C(N)=O)cc1-n1nccn1. The molecule has 1 amide bonds. The maximum Gasteiger partial charge on any atom is 0.306 e. The highest BCUT2D eigenvalue weighted by molar-refractivity contribution is 5.98. The summed E-state index contributed by atoms with van der Waals surface area (Å²) in [7, 11) is 0. The minimum Gasteiger partial charge on any atom is -0.460 e. The average molecular weight is 597 g/mol. The van der Waals surface area contributed by atoms with E-state index in [1.54, 1.807) is 40.7 Å². The first-order valence-electron chi connectivity index (χ1n) is 13.3. The number of hydrogen-bond acceptors (Lipinski definition) is 9. The molecule has 11 nitrogen and oxygen atoms in total. The third kappa shape index (κ3) is 7.64. The molecule has 1 aromatic carbocycles. The lowest BCUT2D eigenvalue weighted by molar-refractivity contribution is -0.155. The Bertz CT molecular complexity index is 1640. The number of carbonyl (C=O) groups is 2. The lowest BCUT2D eigenvalue weighted by Crippen LogP contribution is -2.28. The molecule has 0 aliphatic heterocycles. The molecule has 226 valence electrons. The van der Waals surface area contributed by atoms with E-state index in [0.717, 1.165) is 18.2 Å². The van der Waals surface area contributed by atoms with Crippen molar-refractivity contribution in [3.8, 4) is 5.69 Å². The van der Waals surface area contributed by atoms with Crippen LogP contribution in [0.4, 0.5) is 30.5 Å². The van der Waals surface area contributed by atoms with Gasteiger partial charge in [0.15, 0.2) is 23.3 Å². The summed E-state index contributed by atoms with van der Waals surface area (Å²) in [6.07, 6.45) is 4.33. The predicted molar refractivity (Wildman–Crippen MR) is 152 cm³/mol. The summed E-state index contributed by atoms with van der Waals surface area (Å²) in [5.41, 5.74) is 6.24. The Morgan fingerprint density at radius 3 is 2.35 bits per heavy atom. The van der Waals surface area contributed by atoms with Crippen LogP contribution in [0, 0.1) is 30.3 Å². The van der Waals surface area contributed by atoms with E-state index in [2.05, 4.69) is 30.8 Å². The fourth-order valence-corrected chi connectivity index (χ4v) is 4.31. The van der Waals surface area contributed by atoms with Gasteiger partial charge in [0.05, 0.1) is 48.0 Å². The van der Waals surface area contributed by atoms with Gasteiger partial charge in [-0.1, -0.05) is 13.0 Å². The first kappa shape index (κ1) is 30.9. The molecule has 4 aromatic rings. The van der Waals surface area contributed by atoms with Crippen LogP contribution in [0.5, 0.6) is 0 Å². The summed E-state index contributed by atoms with van der Waals surface area (Å²) in [5.74, 6) is -5.69. The first-order chi connectivity index (χ1) is 20.2. The van der Waals surface area contributed by atoms with E-state index in [1.807, 2.05) is 0 Å². The van der Waals surface area contributed by atoms with Gasteiger partial charge < -0.3 is 21.1 Å². The van der Waals surface area contributed by atoms with Crippen LogP contribution in [-0.2, 0) is 9.53 Å². The van der Waals surface area contributed by atoms with Gasteiger partial charge in [0, 0.05) is 0 Å². The fraction of sp³-hybridized carbons (Fsp3) is 0.310. The second kappa shape index (κ2) is 12.5. The standard InChI is InChI=1S/C29H31F3N8O3/c1-15(10-24(41)43-29(3,4)5)25(17-6-7-20(30)21(31)11-17)38-28-22(32)13-19(26(33)42)27(39-28)37-18-12-23(16(2)34-14-18)40-35-8-9-36-40/h6-9,11-15,25H,10H2,1-5H3,(H2,33,42)(H2,37,38,39)/t15-,25+/m1/s1. The minimum atomic E-state index is -1.12. The molecule has 2 atom stereocenters. The number of nitrogens with two attached hydrogens (primary N) is 1. The quantitative estimate of drug-likeness (QED) is 0.211. The van der Waals surface area contributed by atoms with Crippen LogP contribution in [0.1, 0.15) is 61.8 Å². The highest BCUT2D eigenvalue weighted by Gasteiger charge is 2.28. The van der Waals surface area contributed by atoms with Crippen LogP contribution >= 0.6 is 0 Å². The zero-order chi connectivity index (χ0) is 31.5. The minimum absolute atomic E-state index is 0.106. The van der Waals surface area contributed by atoms with Crippen LogP contribution in [0.25, 0.3) is 5.69 Å². The number of hydrogen-bond donors (Lipinski definition) is 3. The molecule has 0 bridgehead atoms. The Morgan fingerprint density at radius 1 is 1.02 bits per heavy atom. The van der Waals surface area contributed by atoms with E-state index in [0.29, 0.717) is 17.1 Å². The highest BCUT2D eigenvalue weighted by Crippen LogP contribution is 2.33. The average Bonchev–Trinajstić information content (AvgIpc) is 3.45. The third-order valence-electron chi connectivity index (χ3n) is 6.27. The Hall–Kier alpha value is -5.01. The van der Waals surface area contributed by atoms with Crippen LogP contribution in [0.2, 0.25) is 0 Å². The van der Waals surface area contributed by atoms with Gasteiger partial charge in [-0.25, -0.2) is 18.2 Å². The van der Waals surface area contributed by atoms with E-state index >= 15 is 4.39 Å². The van der Waals surface area contributed by atoms with Crippen LogP contribution in [0.15, 0.2) is 48.9 Å². The molecule has 0 saturated carbocycles. The van der Waals surface area contributed by atoms with Crippen LogP contribution in [-0.4, -0.2) is 42.4 Å². The zero-order valence-electron chi connectivity index (χ0n) is 24.2. The molecule has 43 heavy (non-hydrogen) atoms. The van der Waals surface area contributed by atoms with Gasteiger partial charge in [0.2, 0.25) is 0 Å². The van der Waals surface area contributed by atoms with E-state index in [-0.39, 0.29) is 29.2 Å². The monoisotopic (exact) mass is 596 g/mol. The van der Waals surface area contributed by atoms with Gasteiger partial charge in [0.25, 0.3) is 5.91 Å². The molecule has 14 heteroatoms. The largest absolute Gasteiger partial charge is 0.460 e. The number of nitrogens with one attached hydrogen (secondary N) is 2. The summed E-state index contributed by atoms with van der Waals surface area (Å²) in [6.45, 7) is 8.57. The fourth-order valence-electron chi connectivity index (χ4n) is 4.31. The normalized spacial score (nSPS) is 12.8. The molecule has 4 N–H and O–H groups in total. The Morgan fingerprint density at radius 2 is 1.72 bits per heavy atom. The van der Waals surface area contributed by atoms with Gasteiger partial charge in [0.1, 0.15) is 17.1 Å². The smallest absolute Gasteiger partial charge is 0.306 e. The van der Waals surface area contributed by atoms with Gasteiger partial charge in [-0.15, -0.1) is 4.80 Å². The van der Waals surface area contributed by atoms with Crippen molar-refractivity contribution in [1.29, 1.82) is 0 Å². The summed E-state index contributed by atoms with van der Waals surface area (Å²) >= 11 is 0. The number of amides is 1. The number of carbonyl (C=O) groups excluding carboxylic acids is 2. The summed E-state index contributed by atoms with van der Waals surface area (Å²) in [5, 5.41) is 14.0. The number of ether oxygens (including phenoxy) is 1. The molecule has 0 fully saturated rings. The van der Waals surface area contributed by atoms with E-state index in [4.69, 9.17) is 10.5 Å². The third-order valence-corrected chi connectivity index (χ3v) is 6.27. The molecule has 3 heterocycles. The molecule has 0 aliphatic carbocycles. The van der Waals surface area contributed by atoms with E-state index in [9.17, 15) is 18.4 Å². The zero-order valence-corrected chi connectivity index (χ0v) is 24.2. The number of primary amides is 1. The van der Waals surface area contributed by atoms with E-state index in [1.165, 1.54) is 29.5 Å². The van der Waals surface area contributed by atoms with Crippen molar-refractivity contribution in [1.82, 2.24) is 25.0 Å². The highest BCUT2D eigenvalue weighted by atomic mass is 19.2. The first-order valence-corrected chi connectivity index (χ1v) is 13.3. The maximum atomic E-state index is 15.4. The number of pyridine rings is 2. The second-order valence-electron chi connectivity index (χ2n) is 10.9. The predicted octanol–water partition coefficient (Wildman–Crippen LogP) is 5.15. The molecular weight excluding hydrogens is 565 g/mol. The van der Waals surface area contributed by atoms with Gasteiger partial charge >= 0.3 is 5.97 Å². The molecule has 0 aliphatic rings. The van der Waals surface area contributed by atoms with Crippen molar-refractivity contribution in [3.63, 3.8) is 0 Å². The second-order valence-corrected chi connectivity index (χ2v) is 10.9. The molecule has 4 rings (SSSR count). The van der Waals surface area contributed by atoms with Gasteiger partial charge in [-0.3, -0.25) is 14.6 Å². The van der Waals surface area contributed by atoms with Crippen LogP contribution in [0.3, 0.4) is 0 Å². The van der Waals surface area contributed by atoms with Gasteiger partial charge in [-0.2, -0.15) is 10.2 Å². The van der Waals surface area contributed by atoms with E-state index < -0.39 is 46.9 Å². The van der Waals surface area contributed by atoms with Crippen molar-refractivity contribution in [2.45, 2.75) is 52.7 Å².